The van der Waals surface area contributed by atoms with Gasteiger partial charge in [-0.3, -0.25) is 0 Å². The zero-order chi connectivity index (χ0) is 29.3. The predicted molar refractivity (Wildman–Crippen MR) is 175 cm³/mol. The molecular formula is C33H53O3PSi2. The van der Waals surface area contributed by atoms with Gasteiger partial charge in [0.2, 0.25) is 0 Å². The highest BCUT2D eigenvalue weighted by atomic mass is 31.2. The number of hydrogen-bond donors (Lipinski definition) is 0. The number of benzene rings is 2. The molecule has 0 aromatic heterocycles. The quantitative estimate of drug-likeness (QED) is 0.167. The van der Waals surface area contributed by atoms with Gasteiger partial charge < -0.3 is 13.4 Å². The van der Waals surface area contributed by atoms with Gasteiger partial charge in [0.15, 0.2) is 16.6 Å². The fourth-order valence-corrected chi connectivity index (χ4v) is 10.3. The number of rotatable bonds is 9. The first kappa shape index (κ1) is 32.3. The summed E-state index contributed by atoms with van der Waals surface area (Å²) in [6.45, 7) is 27.7. The van der Waals surface area contributed by atoms with Crippen LogP contribution in [0.15, 0.2) is 72.8 Å². The van der Waals surface area contributed by atoms with Gasteiger partial charge in [-0.15, -0.1) is 0 Å². The van der Waals surface area contributed by atoms with E-state index >= 15 is 0 Å². The standard InChI is InChI=1S/C33H53O3PSi2/c1-26-30(35-38(8,9)32(2,3)4)24-27(25-31(26)36-39(10,11)33(5,6)7)22-23-37(34,28-18-14-12-15-19-28)29-20-16-13-17-21-29/h12-21,27,30-31H,1,22-25H2,2-11H3/t30-,31-/m1/s1. The molecule has 2 aromatic rings. The van der Waals surface area contributed by atoms with E-state index in [4.69, 9.17) is 8.85 Å². The maximum absolute atomic E-state index is 14.7. The summed E-state index contributed by atoms with van der Waals surface area (Å²) in [4.78, 5) is 0. The van der Waals surface area contributed by atoms with E-state index in [1.54, 1.807) is 0 Å². The molecule has 6 heteroatoms. The summed E-state index contributed by atoms with van der Waals surface area (Å²) in [5.74, 6) is 0.362. The number of hydrogen-bond acceptors (Lipinski definition) is 3. The fraction of sp³-hybridized carbons (Fsp3) is 0.576. The molecule has 3 rings (SSSR count). The van der Waals surface area contributed by atoms with Crippen LogP contribution < -0.4 is 10.6 Å². The molecule has 0 radical (unpaired) electrons. The fourth-order valence-electron chi connectivity index (χ4n) is 4.87. The molecular weight excluding hydrogens is 532 g/mol. The third kappa shape index (κ3) is 7.54. The molecule has 0 aliphatic heterocycles. The Morgan fingerprint density at radius 3 is 1.44 bits per heavy atom. The smallest absolute Gasteiger partial charge is 0.192 e. The lowest BCUT2D eigenvalue weighted by Gasteiger charge is -2.47. The Labute approximate surface area is 241 Å². The van der Waals surface area contributed by atoms with Crippen molar-refractivity contribution in [3.63, 3.8) is 0 Å². The Bertz CT molecular complexity index is 1060. The van der Waals surface area contributed by atoms with Crippen molar-refractivity contribution in [2.45, 2.75) is 109 Å². The summed E-state index contributed by atoms with van der Waals surface area (Å²) in [6.07, 6.45) is 3.33. The lowest BCUT2D eigenvalue weighted by molar-refractivity contribution is 0.0800. The molecule has 216 valence electrons. The van der Waals surface area contributed by atoms with E-state index in [1.807, 2.05) is 60.7 Å². The third-order valence-corrected chi connectivity index (χ3v) is 21.7. The minimum atomic E-state index is -2.77. The Kier molecular flexibility index (Phi) is 9.88. The average Bonchev–Trinajstić information content (AvgIpc) is 2.84. The van der Waals surface area contributed by atoms with E-state index < -0.39 is 23.8 Å². The topological polar surface area (TPSA) is 35.5 Å². The van der Waals surface area contributed by atoms with E-state index in [9.17, 15) is 4.57 Å². The summed E-state index contributed by atoms with van der Waals surface area (Å²) in [6, 6.07) is 20.1. The first-order valence-corrected chi connectivity index (χ1v) is 22.3. The SMILES string of the molecule is C=C1[C@H](O[Si](C)(C)C(C)(C)C)CC(CCP(=O)(c2ccccc2)c2ccccc2)C[C@H]1O[Si](C)(C)C(C)(C)C. The van der Waals surface area contributed by atoms with Crippen molar-refractivity contribution < 1.29 is 13.4 Å². The van der Waals surface area contributed by atoms with Crippen LogP contribution in [0.25, 0.3) is 0 Å². The highest BCUT2D eigenvalue weighted by molar-refractivity contribution is 7.78. The molecule has 0 heterocycles. The summed E-state index contributed by atoms with van der Waals surface area (Å²) in [5.41, 5.74) is 1.11. The summed E-state index contributed by atoms with van der Waals surface area (Å²) < 4.78 is 28.8. The molecule has 0 saturated heterocycles. The minimum Gasteiger partial charge on any atom is -0.410 e. The molecule has 39 heavy (non-hydrogen) atoms. The van der Waals surface area contributed by atoms with Gasteiger partial charge in [0.1, 0.15) is 7.14 Å². The second kappa shape index (κ2) is 11.9. The predicted octanol–water partition coefficient (Wildman–Crippen LogP) is 9.14. The van der Waals surface area contributed by atoms with Gasteiger partial charge in [-0.2, -0.15) is 0 Å². The van der Waals surface area contributed by atoms with Crippen LogP contribution in [0.2, 0.25) is 36.3 Å². The first-order valence-electron chi connectivity index (χ1n) is 14.6. The maximum Gasteiger partial charge on any atom is 0.192 e. The van der Waals surface area contributed by atoms with Crippen molar-refractivity contribution >= 4 is 34.4 Å². The van der Waals surface area contributed by atoms with Gasteiger partial charge in [-0.25, -0.2) is 0 Å². The van der Waals surface area contributed by atoms with Crippen LogP contribution in [0.4, 0.5) is 0 Å². The van der Waals surface area contributed by atoms with Gasteiger partial charge >= 0.3 is 0 Å². The molecule has 1 aliphatic rings. The lowest BCUT2D eigenvalue weighted by atomic mass is 9.81. The van der Waals surface area contributed by atoms with Crippen LogP contribution in [-0.2, 0) is 13.4 Å². The zero-order valence-electron chi connectivity index (χ0n) is 26.2. The molecule has 0 bridgehead atoms. The maximum atomic E-state index is 14.7. The van der Waals surface area contributed by atoms with E-state index in [-0.39, 0.29) is 22.3 Å². The Morgan fingerprint density at radius 2 is 1.10 bits per heavy atom. The molecule has 1 fully saturated rings. The van der Waals surface area contributed by atoms with Crippen LogP contribution in [0.5, 0.6) is 0 Å². The van der Waals surface area contributed by atoms with Crippen molar-refractivity contribution in [1.82, 2.24) is 0 Å². The van der Waals surface area contributed by atoms with Crippen LogP contribution in [-0.4, -0.2) is 35.0 Å². The van der Waals surface area contributed by atoms with Crippen molar-refractivity contribution in [3.8, 4) is 0 Å². The third-order valence-electron chi connectivity index (χ3n) is 9.61. The highest BCUT2D eigenvalue weighted by Gasteiger charge is 2.46. The van der Waals surface area contributed by atoms with Gasteiger partial charge in [0.25, 0.3) is 0 Å². The normalized spacial score (nSPS) is 21.7. The van der Waals surface area contributed by atoms with Gasteiger partial charge in [-0.05, 0) is 67.0 Å². The van der Waals surface area contributed by atoms with Gasteiger partial charge in [0, 0.05) is 16.8 Å². The second-order valence-corrected chi connectivity index (χ2v) is 27.0. The molecule has 2 atom stereocenters. The Morgan fingerprint density at radius 1 is 0.744 bits per heavy atom. The van der Waals surface area contributed by atoms with Crippen LogP contribution in [0, 0.1) is 5.92 Å². The second-order valence-electron chi connectivity index (χ2n) is 14.6. The summed E-state index contributed by atoms with van der Waals surface area (Å²) >= 11 is 0. The largest absolute Gasteiger partial charge is 0.410 e. The first-order chi connectivity index (χ1) is 17.9. The zero-order valence-corrected chi connectivity index (χ0v) is 29.1. The monoisotopic (exact) mass is 584 g/mol. The Balaban J connectivity index is 1.91. The van der Waals surface area contributed by atoms with Crippen molar-refractivity contribution in [2.24, 2.45) is 5.92 Å². The Hall–Kier alpha value is -1.24. The van der Waals surface area contributed by atoms with E-state index in [0.29, 0.717) is 12.1 Å². The molecule has 1 saturated carbocycles. The highest BCUT2D eigenvalue weighted by Crippen LogP contribution is 2.48. The molecule has 2 aromatic carbocycles. The van der Waals surface area contributed by atoms with Crippen molar-refractivity contribution in [3.05, 3.63) is 72.8 Å². The molecule has 0 N–H and O–H groups in total. The van der Waals surface area contributed by atoms with Crippen LogP contribution in [0.3, 0.4) is 0 Å². The molecule has 0 spiro atoms. The van der Waals surface area contributed by atoms with Crippen LogP contribution in [0.1, 0.15) is 60.8 Å². The molecule has 1 aliphatic carbocycles. The van der Waals surface area contributed by atoms with Gasteiger partial charge in [0.05, 0.1) is 12.2 Å². The average molecular weight is 585 g/mol. The molecule has 0 amide bonds. The van der Waals surface area contributed by atoms with Crippen molar-refractivity contribution in [1.29, 1.82) is 0 Å². The van der Waals surface area contributed by atoms with E-state index in [2.05, 4.69) is 74.3 Å². The van der Waals surface area contributed by atoms with E-state index in [0.717, 1.165) is 35.4 Å². The van der Waals surface area contributed by atoms with E-state index in [1.165, 1.54) is 0 Å². The molecule has 3 nitrogen and oxygen atoms in total. The minimum absolute atomic E-state index is 0.0211. The van der Waals surface area contributed by atoms with Crippen LogP contribution >= 0.6 is 7.14 Å². The molecule has 0 unspecified atom stereocenters. The van der Waals surface area contributed by atoms with Gasteiger partial charge in [-0.1, -0.05) is 109 Å². The summed E-state index contributed by atoms with van der Waals surface area (Å²) in [5, 5.41) is 2.12. The lowest BCUT2D eigenvalue weighted by Crippen LogP contribution is -2.50. The van der Waals surface area contributed by atoms with Crippen molar-refractivity contribution in [2.75, 3.05) is 6.16 Å². The summed E-state index contributed by atoms with van der Waals surface area (Å²) in [7, 11) is -6.79.